The third-order valence-corrected chi connectivity index (χ3v) is 7.29. The van der Waals surface area contributed by atoms with E-state index in [2.05, 4.69) is 73.7 Å². The molecule has 0 heterocycles. The molecule has 0 bridgehead atoms. The zero-order chi connectivity index (χ0) is 21.5. The molecule has 3 rings (SSSR count). The number of benzene rings is 3. The highest BCUT2D eigenvalue weighted by Gasteiger charge is 2.18. The van der Waals surface area contributed by atoms with Gasteiger partial charge in [0.15, 0.2) is 0 Å². The second-order valence-electron chi connectivity index (χ2n) is 7.99. The highest BCUT2D eigenvalue weighted by atomic mass is 32.2. The molecular weight excluding hydrogens is 406 g/mol. The van der Waals surface area contributed by atoms with Gasteiger partial charge in [0, 0.05) is 16.3 Å². The van der Waals surface area contributed by atoms with E-state index >= 15 is 0 Å². The van der Waals surface area contributed by atoms with E-state index in [4.69, 9.17) is 0 Å². The predicted octanol–water partition coefficient (Wildman–Crippen LogP) is 7.37. The second-order valence-corrected chi connectivity index (χ2v) is 9.75. The Labute approximate surface area is 190 Å². The minimum atomic E-state index is -0.483. The van der Waals surface area contributed by atoms with Gasteiger partial charge < -0.3 is 10.0 Å². The van der Waals surface area contributed by atoms with Crippen LogP contribution in [0.1, 0.15) is 51.2 Å². The average Bonchev–Trinajstić information content (AvgIpc) is 2.79. The molecule has 0 aliphatic carbocycles. The van der Waals surface area contributed by atoms with E-state index in [1.807, 2.05) is 0 Å². The summed E-state index contributed by atoms with van der Waals surface area (Å²) in [6, 6.07) is 15.6. The number of aliphatic hydroxyl groups is 1. The molecule has 0 saturated heterocycles. The molecule has 0 fully saturated rings. The van der Waals surface area contributed by atoms with Crippen LogP contribution in [-0.4, -0.2) is 42.2 Å². The number of fused-ring (bicyclic) bond motifs is 3. The molecule has 4 heteroatoms. The Balaban J connectivity index is 2.05. The van der Waals surface area contributed by atoms with Crippen molar-refractivity contribution in [3.63, 3.8) is 0 Å². The number of thioether (sulfide) groups is 2. The fourth-order valence-corrected chi connectivity index (χ4v) is 4.97. The smallest absolute Gasteiger partial charge is 0.0923 e. The minimum Gasteiger partial charge on any atom is -0.387 e. The van der Waals surface area contributed by atoms with E-state index < -0.39 is 6.10 Å². The summed E-state index contributed by atoms with van der Waals surface area (Å²) in [5, 5.41) is 16.3. The maximum Gasteiger partial charge on any atom is 0.0923 e. The molecular formula is C26H35NOS2. The van der Waals surface area contributed by atoms with Crippen LogP contribution in [-0.2, 0) is 0 Å². The molecule has 162 valence electrons. The van der Waals surface area contributed by atoms with Gasteiger partial charge >= 0.3 is 0 Å². The third kappa shape index (κ3) is 5.53. The number of rotatable bonds is 11. The summed E-state index contributed by atoms with van der Waals surface area (Å²) in [6.45, 7) is 7.29. The number of unbranched alkanes of at least 4 members (excludes halogenated alkanes) is 2. The summed E-state index contributed by atoms with van der Waals surface area (Å²) in [6.07, 6.45) is 8.49. The molecule has 0 saturated carbocycles. The van der Waals surface area contributed by atoms with E-state index in [-0.39, 0.29) is 0 Å². The average molecular weight is 442 g/mol. The maximum atomic E-state index is 11.3. The van der Waals surface area contributed by atoms with E-state index in [9.17, 15) is 5.11 Å². The summed E-state index contributed by atoms with van der Waals surface area (Å²) in [7, 11) is 0. The minimum absolute atomic E-state index is 0.483. The van der Waals surface area contributed by atoms with Gasteiger partial charge in [0.1, 0.15) is 0 Å². The highest BCUT2D eigenvalue weighted by Crippen LogP contribution is 2.36. The molecule has 0 spiro atoms. The Hall–Kier alpha value is -1.20. The summed E-state index contributed by atoms with van der Waals surface area (Å²) < 4.78 is 0. The summed E-state index contributed by atoms with van der Waals surface area (Å²) in [4.78, 5) is 4.97. The van der Waals surface area contributed by atoms with Gasteiger partial charge in [-0.25, -0.2) is 0 Å². The Morgan fingerprint density at radius 2 is 1.40 bits per heavy atom. The van der Waals surface area contributed by atoms with Crippen molar-refractivity contribution >= 4 is 45.1 Å². The molecule has 3 aromatic rings. The van der Waals surface area contributed by atoms with Crippen molar-refractivity contribution in [2.24, 2.45) is 0 Å². The van der Waals surface area contributed by atoms with Crippen LogP contribution in [0.4, 0.5) is 0 Å². The lowest BCUT2D eigenvalue weighted by Gasteiger charge is -2.26. The van der Waals surface area contributed by atoms with E-state index in [0.717, 1.165) is 18.7 Å². The molecule has 0 radical (unpaired) electrons. The Kier molecular flexibility index (Phi) is 8.94. The summed E-state index contributed by atoms with van der Waals surface area (Å²) in [5.74, 6) is 0. The van der Waals surface area contributed by atoms with Crippen molar-refractivity contribution in [2.75, 3.05) is 32.1 Å². The summed E-state index contributed by atoms with van der Waals surface area (Å²) in [5.41, 5.74) is 1.06. The van der Waals surface area contributed by atoms with Crippen LogP contribution in [0.15, 0.2) is 52.3 Å². The van der Waals surface area contributed by atoms with Crippen molar-refractivity contribution in [1.29, 1.82) is 0 Å². The fourth-order valence-electron chi connectivity index (χ4n) is 4.08. The SMILES string of the molecule is CCCCN(CCCC)CC(O)c1cc2cc(SC)ccc2c2cc(SC)ccc12. The van der Waals surface area contributed by atoms with E-state index in [1.54, 1.807) is 23.5 Å². The van der Waals surface area contributed by atoms with Crippen LogP contribution in [0, 0.1) is 0 Å². The molecule has 1 N–H and O–H groups in total. The van der Waals surface area contributed by atoms with Gasteiger partial charge in [0.05, 0.1) is 6.10 Å². The van der Waals surface area contributed by atoms with Crippen molar-refractivity contribution in [3.05, 3.63) is 48.0 Å². The lowest BCUT2D eigenvalue weighted by atomic mass is 9.94. The third-order valence-electron chi connectivity index (χ3n) is 5.84. The summed E-state index contributed by atoms with van der Waals surface area (Å²) >= 11 is 3.53. The Morgan fingerprint density at radius 1 is 0.800 bits per heavy atom. The van der Waals surface area contributed by atoms with Gasteiger partial charge in [0.2, 0.25) is 0 Å². The standard InChI is InChI=1S/C26H35NOS2/c1-5-7-13-27(14-8-6-2)18-26(28)25-16-19-15-20(29-3)9-11-22(19)24-17-21(30-4)10-12-23(24)25/h9-12,15-17,26,28H,5-8,13-14,18H2,1-4H3. The van der Waals surface area contributed by atoms with Crippen molar-refractivity contribution < 1.29 is 5.11 Å². The van der Waals surface area contributed by atoms with Gasteiger partial charge in [-0.1, -0.05) is 38.8 Å². The zero-order valence-corrected chi connectivity index (χ0v) is 20.4. The number of aliphatic hydroxyl groups excluding tert-OH is 1. The predicted molar refractivity (Wildman–Crippen MR) is 136 cm³/mol. The molecule has 3 aromatic carbocycles. The van der Waals surface area contributed by atoms with Crippen LogP contribution in [0.25, 0.3) is 21.5 Å². The quantitative estimate of drug-likeness (QED) is 0.248. The number of hydrogen-bond acceptors (Lipinski definition) is 4. The van der Waals surface area contributed by atoms with Crippen LogP contribution < -0.4 is 0 Å². The second kappa shape index (κ2) is 11.4. The van der Waals surface area contributed by atoms with Crippen LogP contribution >= 0.6 is 23.5 Å². The lowest BCUT2D eigenvalue weighted by Crippen LogP contribution is -2.30. The van der Waals surface area contributed by atoms with Crippen LogP contribution in [0.3, 0.4) is 0 Å². The fraction of sp³-hybridized carbons (Fsp3) is 0.462. The lowest BCUT2D eigenvalue weighted by molar-refractivity contribution is 0.112. The van der Waals surface area contributed by atoms with E-state index in [1.165, 1.54) is 57.0 Å². The molecule has 30 heavy (non-hydrogen) atoms. The van der Waals surface area contributed by atoms with Gasteiger partial charge in [-0.05, 0) is 95.9 Å². The molecule has 0 aliphatic heterocycles. The van der Waals surface area contributed by atoms with Gasteiger partial charge in [-0.3, -0.25) is 0 Å². The first-order valence-electron chi connectivity index (χ1n) is 11.1. The topological polar surface area (TPSA) is 23.5 Å². The normalized spacial score (nSPS) is 12.9. The Morgan fingerprint density at radius 3 is 2.00 bits per heavy atom. The molecule has 1 atom stereocenters. The van der Waals surface area contributed by atoms with Gasteiger partial charge in [0.25, 0.3) is 0 Å². The van der Waals surface area contributed by atoms with Crippen LogP contribution in [0.2, 0.25) is 0 Å². The molecule has 2 nitrogen and oxygen atoms in total. The van der Waals surface area contributed by atoms with E-state index in [0.29, 0.717) is 6.54 Å². The van der Waals surface area contributed by atoms with Crippen LogP contribution in [0.5, 0.6) is 0 Å². The highest BCUT2D eigenvalue weighted by molar-refractivity contribution is 7.98. The first-order valence-corrected chi connectivity index (χ1v) is 13.5. The largest absolute Gasteiger partial charge is 0.387 e. The number of hydrogen-bond donors (Lipinski definition) is 1. The maximum absolute atomic E-state index is 11.3. The van der Waals surface area contributed by atoms with Gasteiger partial charge in [-0.2, -0.15) is 0 Å². The van der Waals surface area contributed by atoms with Gasteiger partial charge in [-0.15, -0.1) is 23.5 Å². The first kappa shape index (κ1) is 23.5. The molecule has 0 amide bonds. The monoisotopic (exact) mass is 441 g/mol. The molecule has 1 unspecified atom stereocenters. The van der Waals surface area contributed by atoms with Crippen molar-refractivity contribution in [2.45, 2.75) is 55.4 Å². The van der Waals surface area contributed by atoms with Crippen molar-refractivity contribution in [3.8, 4) is 0 Å². The zero-order valence-electron chi connectivity index (χ0n) is 18.8. The number of nitrogens with zero attached hydrogens (tertiary/aromatic N) is 1. The first-order chi connectivity index (χ1) is 14.6. The Bertz CT molecular complexity index is 964. The molecule has 0 aromatic heterocycles. The molecule has 0 aliphatic rings. The van der Waals surface area contributed by atoms with Crippen molar-refractivity contribution in [1.82, 2.24) is 4.90 Å².